The molecule has 4 nitrogen and oxygen atoms in total. The first kappa shape index (κ1) is 16.3. The summed E-state index contributed by atoms with van der Waals surface area (Å²) in [5, 5.41) is 16.3. The van der Waals surface area contributed by atoms with Crippen molar-refractivity contribution in [3.05, 3.63) is 29.3 Å². The van der Waals surface area contributed by atoms with Crippen LogP contribution in [0.25, 0.3) is 0 Å². The predicted molar refractivity (Wildman–Crippen MR) is 85.5 cm³/mol. The van der Waals surface area contributed by atoms with Crippen LogP contribution in [0.3, 0.4) is 0 Å². The van der Waals surface area contributed by atoms with Crippen molar-refractivity contribution in [2.75, 3.05) is 18.5 Å². The number of carbonyl (C=O) groups excluding carboxylic acids is 1. The number of rotatable bonds is 5. The second kappa shape index (κ2) is 7.25. The first-order chi connectivity index (χ1) is 10.0. The number of carbonyl (C=O) groups is 1. The second-order valence-electron chi connectivity index (χ2n) is 6.05. The molecule has 2 unspecified atom stereocenters. The Morgan fingerprint density at radius 1 is 1.52 bits per heavy atom. The van der Waals surface area contributed by atoms with E-state index in [1.165, 1.54) is 6.42 Å². The molecule has 2 atom stereocenters. The minimum Gasteiger partial charge on any atom is -0.394 e. The van der Waals surface area contributed by atoms with Gasteiger partial charge in [0.2, 0.25) is 5.91 Å². The third-order valence-electron chi connectivity index (χ3n) is 4.13. The summed E-state index contributed by atoms with van der Waals surface area (Å²) in [6.07, 6.45) is 4.11. The molecule has 1 saturated carbocycles. The van der Waals surface area contributed by atoms with E-state index in [0.29, 0.717) is 16.6 Å². The number of hydrogen-bond acceptors (Lipinski definition) is 3. The predicted octanol–water partition coefficient (Wildman–Crippen LogP) is 2.81. The van der Waals surface area contributed by atoms with Crippen LogP contribution in [-0.4, -0.2) is 29.7 Å². The fourth-order valence-electron chi connectivity index (χ4n) is 3.06. The number of aliphatic hydroxyl groups is 1. The normalized spacial score (nSPS) is 25.6. The lowest BCUT2D eigenvalue weighted by atomic mass is 9.77. The van der Waals surface area contributed by atoms with Crippen molar-refractivity contribution in [3.8, 4) is 0 Å². The van der Waals surface area contributed by atoms with Crippen LogP contribution in [0.15, 0.2) is 24.3 Å². The number of halogens is 1. The molecule has 0 saturated heterocycles. The lowest BCUT2D eigenvalue weighted by Crippen LogP contribution is -2.53. The van der Waals surface area contributed by atoms with E-state index < -0.39 is 0 Å². The number of benzene rings is 1. The maximum Gasteiger partial charge on any atom is 0.238 e. The van der Waals surface area contributed by atoms with Gasteiger partial charge in [0.15, 0.2) is 0 Å². The van der Waals surface area contributed by atoms with Crippen LogP contribution >= 0.6 is 11.6 Å². The van der Waals surface area contributed by atoms with Gasteiger partial charge in [-0.2, -0.15) is 0 Å². The monoisotopic (exact) mass is 310 g/mol. The SMILES string of the molecule is CC1CCCC(CO)(NCC(=O)Nc2cccc(Cl)c2)C1. The van der Waals surface area contributed by atoms with Gasteiger partial charge >= 0.3 is 0 Å². The van der Waals surface area contributed by atoms with Crippen LogP contribution in [0.1, 0.15) is 32.6 Å². The number of anilines is 1. The molecule has 1 aromatic carbocycles. The zero-order chi connectivity index (χ0) is 15.3. The van der Waals surface area contributed by atoms with Crippen molar-refractivity contribution in [2.45, 2.75) is 38.1 Å². The van der Waals surface area contributed by atoms with Crippen LogP contribution in [0.2, 0.25) is 5.02 Å². The van der Waals surface area contributed by atoms with Gasteiger partial charge in [-0.3, -0.25) is 4.79 Å². The molecular formula is C16H23ClN2O2. The van der Waals surface area contributed by atoms with Gasteiger partial charge in [0.1, 0.15) is 0 Å². The Bertz CT molecular complexity index is 495. The Kier molecular flexibility index (Phi) is 5.62. The van der Waals surface area contributed by atoms with Crippen LogP contribution < -0.4 is 10.6 Å². The maximum atomic E-state index is 12.0. The van der Waals surface area contributed by atoms with Crippen molar-refractivity contribution in [2.24, 2.45) is 5.92 Å². The molecule has 0 spiro atoms. The van der Waals surface area contributed by atoms with E-state index in [9.17, 15) is 9.90 Å². The van der Waals surface area contributed by atoms with Crippen LogP contribution in [0, 0.1) is 5.92 Å². The topological polar surface area (TPSA) is 61.4 Å². The molecule has 1 aliphatic rings. The van der Waals surface area contributed by atoms with Crippen molar-refractivity contribution in [3.63, 3.8) is 0 Å². The van der Waals surface area contributed by atoms with Gasteiger partial charge in [0.05, 0.1) is 13.2 Å². The van der Waals surface area contributed by atoms with E-state index in [4.69, 9.17) is 11.6 Å². The summed E-state index contributed by atoms with van der Waals surface area (Å²) in [5.74, 6) is 0.456. The molecule has 2 rings (SSSR count). The zero-order valence-corrected chi connectivity index (χ0v) is 13.1. The van der Waals surface area contributed by atoms with Gasteiger partial charge in [-0.05, 0) is 37.0 Å². The van der Waals surface area contributed by atoms with Crippen LogP contribution in [-0.2, 0) is 4.79 Å². The van der Waals surface area contributed by atoms with Gasteiger partial charge in [-0.1, -0.05) is 37.4 Å². The Balaban J connectivity index is 1.87. The van der Waals surface area contributed by atoms with Gasteiger partial charge in [-0.25, -0.2) is 0 Å². The van der Waals surface area contributed by atoms with Crippen LogP contribution in [0.4, 0.5) is 5.69 Å². The van der Waals surface area contributed by atoms with Crippen molar-refractivity contribution < 1.29 is 9.90 Å². The smallest absolute Gasteiger partial charge is 0.238 e. The summed E-state index contributed by atoms with van der Waals surface area (Å²) in [4.78, 5) is 12.0. The highest BCUT2D eigenvalue weighted by Gasteiger charge is 2.34. The van der Waals surface area contributed by atoms with E-state index >= 15 is 0 Å². The first-order valence-corrected chi connectivity index (χ1v) is 7.82. The number of aliphatic hydroxyl groups excluding tert-OH is 1. The molecule has 1 aromatic rings. The molecule has 0 aliphatic heterocycles. The lowest BCUT2D eigenvalue weighted by Gasteiger charge is -2.39. The summed E-state index contributed by atoms with van der Waals surface area (Å²) in [6.45, 7) is 2.46. The first-order valence-electron chi connectivity index (χ1n) is 7.44. The van der Waals surface area contributed by atoms with Gasteiger partial charge in [0, 0.05) is 16.2 Å². The summed E-state index contributed by atoms with van der Waals surface area (Å²) >= 11 is 5.89. The molecule has 0 aromatic heterocycles. The average Bonchev–Trinajstić information content (AvgIpc) is 2.45. The van der Waals surface area contributed by atoms with Crippen LogP contribution in [0.5, 0.6) is 0 Å². The molecule has 0 heterocycles. The minimum atomic E-state index is -0.316. The number of amides is 1. The summed E-state index contributed by atoms with van der Waals surface area (Å²) in [6, 6.07) is 7.07. The second-order valence-corrected chi connectivity index (χ2v) is 6.49. The molecular weight excluding hydrogens is 288 g/mol. The van der Waals surface area contributed by atoms with Gasteiger partial charge < -0.3 is 15.7 Å². The van der Waals surface area contributed by atoms with E-state index in [0.717, 1.165) is 19.3 Å². The molecule has 0 bridgehead atoms. The van der Waals surface area contributed by atoms with Gasteiger partial charge in [0.25, 0.3) is 0 Å². The third-order valence-corrected chi connectivity index (χ3v) is 4.36. The van der Waals surface area contributed by atoms with E-state index in [1.807, 2.05) is 0 Å². The quantitative estimate of drug-likeness (QED) is 0.783. The highest BCUT2D eigenvalue weighted by molar-refractivity contribution is 6.30. The minimum absolute atomic E-state index is 0.0712. The molecule has 1 fully saturated rings. The molecule has 116 valence electrons. The molecule has 21 heavy (non-hydrogen) atoms. The Hall–Kier alpha value is -1.10. The standard InChI is InChI=1S/C16H23ClN2O2/c1-12-4-3-7-16(9-12,11-20)18-10-15(21)19-14-6-2-5-13(17)8-14/h2,5-6,8,12,18,20H,3-4,7,9-11H2,1H3,(H,19,21). The van der Waals surface area contributed by atoms with E-state index in [2.05, 4.69) is 17.6 Å². The number of hydrogen-bond donors (Lipinski definition) is 3. The van der Waals surface area contributed by atoms with Crippen molar-refractivity contribution >= 4 is 23.2 Å². The lowest BCUT2D eigenvalue weighted by molar-refractivity contribution is -0.116. The third kappa shape index (κ3) is 4.70. The highest BCUT2D eigenvalue weighted by Crippen LogP contribution is 2.31. The van der Waals surface area contributed by atoms with Crippen molar-refractivity contribution in [1.29, 1.82) is 0 Å². The largest absolute Gasteiger partial charge is 0.394 e. The number of nitrogens with one attached hydrogen (secondary N) is 2. The fraction of sp³-hybridized carbons (Fsp3) is 0.562. The van der Waals surface area contributed by atoms with E-state index in [-0.39, 0.29) is 24.6 Å². The Morgan fingerprint density at radius 2 is 2.33 bits per heavy atom. The molecule has 3 N–H and O–H groups in total. The fourth-order valence-corrected chi connectivity index (χ4v) is 3.25. The Labute approximate surface area is 130 Å². The van der Waals surface area contributed by atoms with Gasteiger partial charge in [-0.15, -0.1) is 0 Å². The summed E-state index contributed by atoms with van der Waals surface area (Å²) in [7, 11) is 0. The molecule has 1 aliphatic carbocycles. The highest BCUT2D eigenvalue weighted by atomic mass is 35.5. The molecule has 0 radical (unpaired) electrons. The summed E-state index contributed by atoms with van der Waals surface area (Å²) < 4.78 is 0. The average molecular weight is 311 g/mol. The molecule has 5 heteroatoms. The zero-order valence-electron chi connectivity index (χ0n) is 12.4. The molecule has 1 amide bonds. The van der Waals surface area contributed by atoms with Crippen molar-refractivity contribution in [1.82, 2.24) is 5.32 Å². The maximum absolute atomic E-state index is 12.0. The van der Waals surface area contributed by atoms with E-state index in [1.54, 1.807) is 24.3 Å². The Morgan fingerprint density at radius 3 is 3.00 bits per heavy atom. The summed E-state index contributed by atoms with van der Waals surface area (Å²) in [5.41, 5.74) is 0.368.